The molecule has 3 fully saturated rings. The Kier molecular flexibility index (Phi) is 3.61. The highest BCUT2D eigenvalue weighted by atomic mass is 19.4. The molecule has 132 valence electrons. The van der Waals surface area contributed by atoms with E-state index < -0.39 is 24.9 Å². The molecule has 0 N–H and O–H groups in total. The van der Waals surface area contributed by atoms with Gasteiger partial charge < -0.3 is 9.32 Å². The highest BCUT2D eigenvalue weighted by molar-refractivity contribution is 5.77. The van der Waals surface area contributed by atoms with E-state index >= 15 is 0 Å². The normalized spacial score (nSPS) is 30.0. The van der Waals surface area contributed by atoms with Gasteiger partial charge in [-0.15, -0.1) is 10.2 Å². The van der Waals surface area contributed by atoms with Crippen LogP contribution in [0.25, 0.3) is 0 Å². The number of aromatic nitrogens is 2. The Morgan fingerprint density at radius 3 is 2.79 bits per heavy atom. The van der Waals surface area contributed by atoms with Gasteiger partial charge in [-0.25, -0.2) is 0 Å². The SMILES string of the molecule is O=C(CCC(F)(F)F)N1C[C@@H]2CCC[C@]2(c2nnc(C3CC3)o2)C1. The average molecular weight is 343 g/mol. The van der Waals surface area contributed by atoms with Crippen LogP contribution in [0.15, 0.2) is 4.42 Å². The topological polar surface area (TPSA) is 59.2 Å². The predicted molar refractivity (Wildman–Crippen MR) is 77.2 cm³/mol. The number of hydrogen-bond donors (Lipinski definition) is 0. The van der Waals surface area contributed by atoms with Crippen LogP contribution in [-0.2, 0) is 10.2 Å². The van der Waals surface area contributed by atoms with E-state index in [9.17, 15) is 18.0 Å². The molecule has 0 bridgehead atoms. The molecule has 8 heteroatoms. The van der Waals surface area contributed by atoms with E-state index in [0.29, 0.717) is 30.8 Å². The zero-order valence-electron chi connectivity index (χ0n) is 13.3. The van der Waals surface area contributed by atoms with E-state index in [1.54, 1.807) is 4.90 Å². The number of hydrogen-bond acceptors (Lipinski definition) is 4. The summed E-state index contributed by atoms with van der Waals surface area (Å²) in [7, 11) is 0. The summed E-state index contributed by atoms with van der Waals surface area (Å²) < 4.78 is 43.0. The van der Waals surface area contributed by atoms with Crippen molar-refractivity contribution in [3.8, 4) is 0 Å². The molecule has 1 saturated heterocycles. The van der Waals surface area contributed by atoms with Gasteiger partial charge in [-0.2, -0.15) is 13.2 Å². The zero-order chi connectivity index (χ0) is 16.9. The van der Waals surface area contributed by atoms with Crippen molar-refractivity contribution in [1.29, 1.82) is 0 Å². The minimum absolute atomic E-state index is 0.208. The largest absolute Gasteiger partial charge is 0.424 e. The third-order valence-corrected chi connectivity index (χ3v) is 5.64. The summed E-state index contributed by atoms with van der Waals surface area (Å²) in [6.45, 7) is 0.901. The molecule has 0 spiro atoms. The summed E-state index contributed by atoms with van der Waals surface area (Å²) in [4.78, 5) is 13.7. The highest BCUT2D eigenvalue weighted by Gasteiger charge is 2.55. The van der Waals surface area contributed by atoms with Crippen molar-refractivity contribution in [2.75, 3.05) is 13.1 Å². The monoisotopic (exact) mass is 343 g/mol. The Hall–Kier alpha value is -1.60. The van der Waals surface area contributed by atoms with Crippen molar-refractivity contribution < 1.29 is 22.4 Å². The van der Waals surface area contributed by atoms with Crippen LogP contribution in [0.1, 0.15) is 62.6 Å². The van der Waals surface area contributed by atoms with Crippen LogP contribution in [0.3, 0.4) is 0 Å². The van der Waals surface area contributed by atoms with Gasteiger partial charge in [0.15, 0.2) is 0 Å². The number of amides is 1. The molecule has 0 aromatic carbocycles. The van der Waals surface area contributed by atoms with Gasteiger partial charge in [0.2, 0.25) is 17.7 Å². The number of nitrogens with zero attached hydrogens (tertiary/aromatic N) is 3. The summed E-state index contributed by atoms with van der Waals surface area (Å²) in [6.07, 6.45) is -0.877. The molecule has 1 amide bonds. The number of carbonyl (C=O) groups is 1. The van der Waals surface area contributed by atoms with E-state index in [-0.39, 0.29) is 11.3 Å². The first-order chi connectivity index (χ1) is 11.4. The Morgan fingerprint density at radius 1 is 1.29 bits per heavy atom. The Bertz CT molecular complexity index is 641. The fourth-order valence-electron chi connectivity index (χ4n) is 4.17. The molecule has 5 nitrogen and oxygen atoms in total. The Morgan fingerprint density at radius 2 is 2.08 bits per heavy atom. The van der Waals surface area contributed by atoms with Gasteiger partial charge in [-0.05, 0) is 31.6 Å². The van der Waals surface area contributed by atoms with Crippen LogP contribution in [0.5, 0.6) is 0 Å². The summed E-state index contributed by atoms with van der Waals surface area (Å²) in [6, 6.07) is 0. The van der Waals surface area contributed by atoms with Crippen molar-refractivity contribution in [2.24, 2.45) is 5.92 Å². The molecule has 24 heavy (non-hydrogen) atoms. The molecule has 1 aromatic rings. The van der Waals surface area contributed by atoms with Crippen LogP contribution < -0.4 is 0 Å². The van der Waals surface area contributed by atoms with Gasteiger partial charge >= 0.3 is 6.18 Å². The van der Waals surface area contributed by atoms with Crippen molar-refractivity contribution in [2.45, 2.75) is 62.5 Å². The molecule has 1 aliphatic heterocycles. The first-order valence-corrected chi connectivity index (χ1v) is 8.56. The fraction of sp³-hybridized carbons (Fsp3) is 0.812. The lowest BCUT2D eigenvalue weighted by Crippen LogP contribution is -2.35. The maximum atomic E-state index is 12.4. The maximum absolute atomic E-state index is 12.4. The molecule has 1 aromatic heterocycles. The minimum Gasteiger partial charge on any atom is -0.424 e. The van der Waals surface area contributed by atoms with Gasteiger partial charge in [0.05, 0.1) is 11.8 Å². The van der Waals surface area contributed by atoms with E-state index in [2.05, 4.69) is 10.2 Å². The second-order valence-electron chi connectivity index (χ2n) is 7.35. The summed E-state index contributed by atoms with van der Waals surface area (Å²) >= 11 is 0. The smallest absolute Gasteiger partial charge is 0.389 e. The highest BCUT2D eigenvalue weighted by Crippen LogP contribution is 2.51. The van der Waals surface area contributed by atoms with E-state index in [4.69, 9.17) is 4.42 Å². The Balaban J connectivity index is 1.49. The molecule has 4 rings (SSSR count). The zero-order valence-corrected chi connectivity index (χ0v) is 13.3. The molecular weight excluding hydrogens is 323 g/mol. The fourth-order valence-corrected chi connectivity index (χ4v) is 4.17. The second-order valence-corrected chi connectivity index (χ2v) is 7.35. The molecule has 2 heterocycles. The number of fused-ring (bicyclic) bond motifs is 1. The molecule has 0 unspecified atom stereocenters. The molecule has 3 aliphatic rings. The van der Waals surface area contributed by atoms with Crippen molar-refractivity contribution in [3.05, 3.63) is 11.8 Å². The lowest BCUT2D eigenvalue weighted by molar-refractivity contribution is -0.148. The van der Waals surface area contributed by atoms with E-state index in [1.165, 1.54) is 0 Å². The number of rotatable bonds is 4. The molecule has 2 saturated carbocycles. The molecule has 2 atom stereocenters. The Labute approximate surface area is 137 Å². The number of likely N-dealkylation sites (tertiary alicyclic amines) is 1. The summed E-state index contributed by atoms with van der Waals surface area (Å²) in [5.41, 5.74) is -0.353. The summed E-state index contributed by atoms with van der Waals surface area (Å²) in [5, 5.41) is 8.38. The lowest BCUT2D eigenvalue weighted by Gasteiger charge is -2.24. The van der Waals surface area contributed by atoms with Gasteiger partial charge in [0.25, 0.3) is 0 Å². The maximum Gasteiger partial charge on any atom is 0.389 e. The second kappa shape index (κ2) is 5.46. The van der Waals surface area contributed by atoms with Crippen LogP contribution in [0, 0.1) is 5.92 Å². The van der Waals surface area contributed by atoms with Gasteiger partial charge in [-0.1, -0.05) is 6.42 Å². The lowest BCUT2D eigenvalue weighted by atomic mass is 9.80. The molecule has 2 aliphatic carbocycles. The minimum atomic E-state index is -4.30. The van der Waals surface area contributed by atoms with E-state index in [0.717, 1.165) is 32.1 Å². The van der Waals surface area contributed by atoms with Gasteiger partial charge in [0.1, 0.15) is 0 Å². The molecule has 0 radical (unpaired) electrons. The number of halogens is 3. The number of alkyl halides is 3. The third-order valence-electron chi connectivity index (χ3n) is 5.64. The van der Waals surface area contributed by atoms with Gasteiger partial charge in [0, 0.05) is 25.4 Å². The van der Waals surface area contributed by atoms with Gasteiger partial charge in [-0.3, -0.25) is 4.79 Å². The molecular formula is C16H20F3N3O2. The van der Waals surface area contributed by atoms with Crippen LogP contribution in [0.4, 0.5) is 13.2 Å². The average Bonchev–Trinajstić information content (AvgIpc) is 2.96. The quantitative estimate of drug-likeness (QED) is 0.842. The van der Waals surface area contributed by atoms with Crippen LogP contribution in [-0.4, -0.2) is 40.3 Å². The van der Waals surface area contributed by atoms with Crippen LogP contribution >= 0.6 is 0 Å². The standard InChI is InChI=1S/C16H20F3N3O2/c17-16(18,19)7-5-12(23)22-8-11-2-1-6-15(11,9-22)14-21-20-13(24-14)10-3-4-10/h10-11H,1-9H2/t11-,15-/m0/s1. The predicted octanol–water partition coefficient (Wildman–Crippen LogP) is 3.17. The first kappa shape index (κ1) is 15.9. The first-order valence-electron chi connectivity index (χ1n) is 8.56. The number of carbonyl (C=O) groups excluding carboxylic acids is 1. The van der Waals surface area contributed by atoms with Crippen molar-refractivity contribution in [3.63, 3.8) is 0 Å². The van der Waals surface area contributed by atoms with Crippen molar-refractivity contribution >= 4 is 5.91 Å². The van der Waals surface area contributed by atoms with Crippen molar-refractivity contribution in [1.82, 2.24) is 15.1 Å². The third kappa shape index (κ3) is 2.80. The summed E-state index contributed by atoms with van der Waals surface area (Å²) in [5.74, 6) is 1.40. The van der Waals surface area contributed by atoms with E-state index in [1.807, 2.05) is 0 Å². The van der Waals surface area contributed by atoms with Crippen LogP contribution in [0.2, 0.25) is 0 Å².